The number of aromatic nitrogens is 2. The molecule has 1 saturated heterocycles. The highest BCUT2D eigenvalue weighted by atomic mass is 35.5. The molecule has 1 fully saturated rings. The SMILES string of the molecule is Clc1nc(C2CCCOC2)nc2c1CCCCC2. The van der Waals surface area contributed by atoms with Gasteiger partial charge < -0.3 is 4.74 Å². The van der Waals surface area contributed by atoms with Crippen molar-refractivity contribution in [1.29, 1.82) is 0 Å². The highest BCUT2D eigenvalue weighted by Crippen LogP contribution is 2.29. The number of rotatable bonds is 1. The highest BCUT2D eigenvalue weighted by molar-refractivity contribution is 6.30. The Balaban J connectivity index is 1.91. The molecule has 2 aliphatic rings. The monoisotopic (exact) mass is 266 g/mol. The Morgan fingerprint density at radius 1 is 1.06 bits per heavy atom. The van der Waals surface area contributed by atoms with Crippen LogP contribution in [0.1, 0.15) is 55.1 Å². The molecule has 0 amide bonds. The van der Waals surface area contributed by atoms with Gasteiger partial charge in [0, 0.05) is 23.8 Å². The summed E-state index contributed by atoms with van der Waals surface area (Å²) in [7, 11) is 0. The molecule has 0 aromatic carbocycles. The van der Waals surface area contributed by atoms with E-state index in [0.717, 1.165) is 44.7 Å². The predicted octanol–water partition coefficient (Wildman–Crippen LogP) is 3.29. The minimum atomic E-state index is 0.338. The lowest BCUT2D eigenvalue weighted by atomic mass is 10.0. The lowest BCUT2D eigenvalue weighted by molar-refractivity contribution is 0.0780. The summed E-state index contributed by atoms with van der Waals surface area (Å²) in [5, 5.41) is 0.683. The van der Waals surface area contributed by atoms with Crippen molar-refractivity contribution in [3.63, 3.8) is 0 Å². The van der Waals surface area contributed by atoms with Crippen molar-refractivity contribution in [2.45, 2.75) is 50.9 Å². The van der Waals surface area contributed by atoms with Crippen LogP contribution < -0.4 is 0 Å². The standard InChI is InChI=1S/C14H19ClN2O/c15-13-11-6-2-1-3-7-12(11)16-14(17-13)10-5-4-8-18-9-10/h10H,1-9H2. The van der Waals surface area contributed by atoms with E-state index in [-0.39, 0.29) is 0 Å². The topological polar surface area (TPSA) is 35.0 Å². The Labute approximate surface area is 113 Å². The second kappa shape index (κ2) is 5.54. The van der Waals surface area contributed by atoms with Gasteiger partial charge >= 0.3 is 0 Å². The lowest BCUT2D eigenvalue weighted by Gasteiger charge is -2.22. The van der Waals surface area contributed by atoms with Crippen molar-refractivity contribution >= 4 is 11.6 Å². The summed E-state index contributed by atoms with van der Waals surface area (Å²) in [6, 6.07) is 0. The number of fused-ring (bicyclic) bond motifs is 1. The van der Waals surface area contributed by atoms with E-state index in [1.807, 2.05) is 0 Å². The van der Waals surface area contributed by atoms with Crippen LogP contribution in [0, 0.1) is 0 Å². The predicted molar refractivity (Wildman–Crippen MR) is 71.1 cm³/mol. The average molecular weight is 267 g/mol. The summed E-state index contributed by atoms with van der Waals surface area (Å²) in [4.78, 5) is 9.31. The molecule has 0 radical (unpaired) electrons. The van der Waals surface area contributed by atoms with E-state index in [2.05, 4.69) is 4.98 Å². The van der Waals surface area contributed by atoms with Crippen molar-refractivity contribution in [1.82, 2.24) is 9.97 Å². The zero-order valence-corrected chi connectivity index (χ0v) is 11.4. The van der Waals surface area contributed by atoms with Gasteiger partial charge in [-0.25, -0.2) is 9.97 Å². The Morgan fingerprint density at radius 3 is 2.78 bits per heavy atom. The fourth-order valence-electron chi connectivity index (χ4n) is 2.87. The van der Waals surface area contributed by atoms with Gasteiger partial charge in [0.25, 0.3) is 0 Å². The molecular weight excluding hydrogens is 248 g/mol. The number of hydrogen-bond donors (Lipinski definition) is 0. The zero-order valence-electron chi connectivity index (χ0n) is 10.6. The first-order valence-corrected chi connectivity index (χ1v) is 7.35. The van der Waals surface area contributed by atoms with Crippen molar-refractivity contribution in [3.8, 4) is 0 Å². The Kier molecular flexibility index (Phi) is 3.80. The van der Waals surface area contributed by atoms with E-state index in [0.29, 0.717) is 11.1 Å². The number of ether oxygens (including phenoxy) is 1. The maximum atomic E-state index is 6.35. The molecule has 18 heavy (non-hydrogen) atoms. The molecule has 1 aliphatic heterocycles. The molecule has 1 unspecified atom stereocenters. The summed E-state index contributed by atoms with van der Waals surface area (Å²) in [5.41, 5.74) is 2.38. The quantitative estimate of drug-likeness (QED) is 0.578. The molecule has 0 spiro atoms. The van der Waals surface area contributed by atoms with Gasteiger partial charge in [-0.1, -0.05) is 18.0 Å². The van der Waals surface area contributed by atoms with Crippen molar-refractivity contribution in [3.05, 3.63) is 22.2 Å². The van der Waals surface area contributed by atoms with E-state index in [9.17, 15) is 0 Å². The Bertz CT molecular complexity index is 430. The Hall–Kier alpha value is -0.670. The second-order valence-electron chi connectivity index (χ2n) is 5.27. The summed E-state index contributed by atoms with van der Waals surface area (Å²) in [6.45, 7) is 1.62. The smallest absolute Gasteiger partial charge is 0.136 e. The third-order valence-corrected chi connectivity index (χ3v) is 4.24. The first kappa shape index (κ1) is 12.4. The molecule has 1 aromatic rings. The summed E-state index contributed by atoms with van der Waals surface area (Å²) in [6.07, 6.45) is 8.02. The van der Waals surface area contributed by atoms with Crippen LogP contribution in [0.25, 0.3) is 0 Å². The summed E-state index contributed by atoms with van der Waals surface area (Å²) < 4.78 is 5.52. The van der Waals surface area contributed by atoms with E-state index in [1.165, 1.54) is 30.5 Å². The van der Waals surface area contributed by atoms with Gasteiger partial charge in [-0.05, 0) is 38.5 Å². The average Bonchev–Trinajstić information content (AvgIpc) is 2.65. The molecule has 1 aromatic heterocycles. The van der Waals surface area contributed by atoms with Gasteiger partial charge in [0.15, 0.2) is 0 Å². The Morgan fingerprint density at radius 2 is 1.94 bits per heavy atom. The summed E-state index contributed by atoms with van der Waals surface area (Å²) in [5.74, 6) is 1.24. The van der Waals surface area contributed by atoms with Crippen LogP contribution >= 0.6 is 11.6 Å². The van der Waals surface area contributed by atoms with Crippen molar-refractivity contribution < 1.29 is 4.74 Å². The molecule has 2 heterocycles. The van der Waals surface area contributed by atoms with Gasteiger partial charge in [-0.15, -0.1) is 0 Å². The van der Waals surface area contributed by atoms with Gasteiger partial charge in [0.2, 0.25) is 0 Å². The van der Waals surface area contributed by atoms with E-state index in [1.54, 1.807) is 0 Å². The fourth-order valence-corrected chi connectivity index (χ4v) is 3.16. The van der Waals surface area contributed by atoms with Crippen LogP contribution in [-0.2, 0) is 17.6 Å². The molecule has 3 rings (SSSR count). The van der Waals surface area contributed by atoms with Crippen LogP contribution in [0.3, 0.4) is 0 Å². The van der Waals surface area contributed by atoms with Gasteiger partial charge in [-0.2, -0.15) is 0 Å². The molecule has 1 atom stereocenters. The van der Waals surface area contributed by atoms with Crippen LogP contribution in [0.5, 0.6) is 0 Å². The molecule has 3 nitrogen and oxygen atoms in total. The maximum Gasteiger partial charge on any atom is 0.136 e. The second-order valence-corrected chi connectivity index (χ2v) is 5.63. The van der Waals surface area contributed by atoms with Gasteiger partial charge in [0.05, 0.1) is 6.61 Å². The van der Waals surface area contributed by atoms with Crippen LogP contribution in [0.4, 0.5) is 0 Å². The van der Waals surface area contributed by atoms with Crippen LogP contribution in [0.2, 0.25) is 5.15 Å². The third-order valence-electron chi connectivity index (χ3n) is 3.93. The number of aryl methyl sites for hydroxylation is 1. The van der Waals surface area contributed by atoms with Crippen LogP contribution in [-0.4, -0.2) is 23.2 Å². The molecule has 0 bridgehead atoms. The molecular formula is C14H19ClN2O. The molecule has 4 heteroatoms. The van der Waals surface area contributed by atoms with Gasteiger partial charge in [-0.3, -0.25) is 0 Å². The lowest BCUT2D eigenvalue weighted by Crippen LogP contribution is -2.19. The van der Waals surface area contributed by atoms with Gasteiger partial charge in [0.1, 0.15) is 11.0 Å². The number of hydrogen-bond acceptors (Lipinski definition) is 3. The van der Waals surface area contributed by atoms with Crippen LogP contribution in [0.15, 0.2) is 0 Å². The van der Waals surface area contributed by atoms with E-state index < -0.39 is 0 Å². The first-order valence-electron chi connectivity index (χ1n) is 6.97. The largest absolute Gasteiger partial charge is 0.381 e. The number of nitrogens with zero attached hydrogens (tertiary/aromatic N) is 2. The van der Waals surface area contributed by atoms with Crippen molar-refractivity contribution in [2.24, 2.45) is 0 Å². The minimum Gasteiger partial charge on any atom is -0.381 e. The zero-order chi connectivity index (χ0) is 12.4. The van der Waals surface area contributed by atoms with E-state index in [4.69, 9.17) is 21.3 Å². The fraction of sp³-hybridized carbons (Fsp3) is 0.714. The van der Waals surface area contributed by atoms with E-state index >= 15 is 0 Å². The molecule has 98 valence electrons. The number of halogens is 1. The molecule has 0 N–H and O–H groups in total. The molecule has 1 aliphatic carbocycles. The molecule has 0 saturated carbocycles. The summed E-state index contributed by atoms with van der Waals surface area (Å²) >= 11 is 6.35. The normalized spacial score (nSPS) is 24.4. The maximum absolute atomic E-state index is 6.35. The highest BCUT2D eigenvalue weighted by Gasteiger charge is 2.22. The first-order chi connectivity index (χ1) is 8.84. The van der Waals surface area contributed by atoms with Crippen molar-refractivity contribution in [2.75, 3.05) is 13.2 Å². The minimum absolute atomic E-state index is 0.338. The third kappa shape index (κ3) is 2.52.